The minimum atomic E-state index is 0.0460. The molecule has 0 radical (unpaired) electrons. The summed E-state index contributed by atoms with van der Waals surface area (Å²) in [7, 11) is 0. The maximum atomic E-state index is 6.29. The molecule has 1 atom stereocenters. The zero-order chi connectivity index (χ0) is 14.2. The van der Waals surface area contributed by atoms with Crippen LogP contribution in [-0.2, 0) is 0 Å². The third-order valence-corrected chi connectivity index (χ3v) is 4.12. The van der Waals surface area contributed by atoms with E-state index in [4.69, 9.17) is 4.74 Å². The van der Waals surface area contributed by atoms with E-state index in [0.29, 0.717) is 0 Å². The molecule has 0 aromatic heterocycles. The molecule has 0 amide bonds. The molecule has 1 aliphatic heterocycles. The Bertz CT molecular complexity index is 804. The van der Waals surface area contributed by atoms with Crippen molar-refractivity contribution in [2.45, 2.75) is 13.0 Å². The van der Waals surface area contributed by atoms with Crippen LogP contribution < -0.4 is 10.1 Å². The fraction of sp³-hybridized carbons (Fsp3) is 0.158. The van der Waals surface area contributed by atoms with Crippen LogP contribution in [0.2, 0.25) is 0 Å². The first kappa shape index (κ1) is 12.3. The summed E-state index contributed by atoms with van der Waals surface area (Å²) in [5, 5.41) is 6.02. The largest absolute Gasteiger partial charge is 0.481 e. The van der Waals surface area contributed by atoms with Crippen molar-refractivity contribution in [1.82, 2.24) is 0 Å². The van der Waals surface area contributed by atoms with Gasteiger partial charge in [0.05, 0.1) is 12.2 Å². The highest BCUT2D eigenvalue weighted by Crippen LogP contribution is 2.38. The lowest BCUT2D eigenvalue weighted by Gasteiger charge is -2.29. The van der Waals surface area contributed by atoms with Crippen LogP contribution in [-0.4, -0.2) is 6.54 Å². The van der Waals surface area contributed by atoms with Crippen LogP contribution in [0.1, 0.15) is 17.2 Å². The van der Waals surface area contributed by atoms with Gasteiger partial charge in [0.1, 0.15) is 11.9 Å². The van der Waals surface area contributed by atoms with Crippen molar-refractivity contribution in [3.8, 4) is 5.75 Å². The average Bonchev–Trinajstić information content (AvgIpc) is 2.54. The number of hydrogen-bond acceptors (Lipinski definition) is 2. The van der Waals surface area contributed by atoms with Gasteiger partial charge >= 0.3 is 0 Å². The van der Waals surface area contributed by atoms with Gasteiger partial charge in [0.2, 0.25) is 0 Å². The number of ether oxygens (including phenoxy) is 1. The summed E-state index contributed by atoms with van der Waals surface area (Å²) in [6.45, 7) is 2.89. The van der Waals surface area contributed by atoms with Crippen LogP contribution in [0.25, 0.3) is 10.8 Å². The fourth-order valence-electron chi connectivity index (χ4n) is 3.04. The number of benzene rings is 3. The van der Waals surface area contributed by atoms with Crippen molar-refractivity contribution in [2.24, 2.45) is 0 Å². The number of para-hydroxylation sites is 1. The molecule has 4 rings (SSSR count). The summed E-state index contributed by atoms with van der Waals surface area (Å²) in [6.07, 6.45) is 0.0460. The SMILES string of the molecule is Cc1cccc2c1OC(c1cccc3ccccc13)CN2. The molecule has 3 aromatic carbocycles. The van der Waals surface area contributed by atoms with Crippen molar-refractivity contribution in [3.05, 3.63) is 71.8 Å². The van der Waals surface area contributed by atoms with Gasteiger partial charge in [-0.15, -0.1) is 0 Å². The van der Waals surface area contributed by atoms with Crippen molar-refractivity contribution in [2.75, 3.05) is 11.9 Å². The Morgan fingerprint density at radius 1 is 0.952 bits per heavy atom. The van der Waals surface area contributed by atoms with Crippen LogP contribution in [0.15, 0.2) is 60.7 Å². The number of anilines is 1. The van der Waals surface area contributed by atoms with Gasteiger partial charge in [-0.05, 0) is 29.3 Å². The third kappa shape index (κ3) is 2.04. The first-order valence-electron chi connectivity index (χ1n) is 7.31. The highest BCUT2D eigenvalue weighted by atomic mass is 16.5. The van der Waals surface area contributed by atoms with Gasteiger partial charge in [0, 0.05) is 5.56 Å². The predicted octanol–water partition coefficient (Wildman–Crippen LogP) is 4.69. The summed E-state index contributed by atoms with van der Waals surface area (Å²) in [5.41, 5.74) is 3.51. The molecule has 104 valence electrons. The summed E-state index contributed by atoms with van der Waals surface area (Å²) >= 11 is 0. The third-order valence-electron chi connectivity index (χ3n) is 4.12. The first-order valence-corrected chi connectivity index (χ1v) is 7.31. The van der Waals surface area contributed by atoms with Crippen LogP contribution in [0.4, 0.5) is 5.69 Å². The van der Waals surface area contributed by atoms with Crippen LogP contribution in [0.5, 0.6) is 5.75 Å². The van der Waals surface area contributed by atoms with E-state index >= 15 is 0 Å². The second kappa shape index (κ2) is 4.81. The lowest BCUT2D eigenvalue weighted by molar-refractivity contribution is 0.210. The van der Waals surface area contributed by atoms with E-state index in [9.17, 15) is 0 Å². The topological polar surface area (TPSA) is 21.3 Å². The molecule has 0 aliphatic carbocycles. The number of aryl methyl sites for hydroxylation is 1. The van der Waals surface area contributed by atoms with E-state index in [0.717, 1.165) is 18.0 Å². The molecule has 3 aromatic rings. The second-order valence-electron chi connectivity index (χ2n) is 5.51. The minimum Gasteiger partial charge on any atom is -0.481 e. The number of rotatable bonds is 1. The fourth-order valence-corrected chi connectivity index (χ4v) is 3.04. The maximum absolute atomic E-state index is 6.29. The van der Waals surface area contributed by atoms with E-state index in [1.165, 1.54) is 21.9 Å². The zero-order valence-corrected chi connectivity index (χ0v) is 12.0. The van der Waals surface area contributed by atoms with E-state index in [1.54, 1.807) is 0 Å². The Kier molecular flexibility index (Phi) is 2.81. The lowest BCUT2D eigenvalue weighted by atomic mass is 9.99. The normalized spacial score (nSPS) is 16.9. The standard InChI is InChI=1S/C19H17NO/c1-13-6-4-11-17-19(13)21-18(12-20-17)16-10-5-8-14-7-2-3-9-15(14)16/h2-11,18,20H,12H2,1H3. The van der Waals surface area contributed by atoms with Gasteiger partial charge in [-0.3, -0.25) is 0 Å². The average molecular weight is 275 g/mol. The van der Waals surface area contributed by atoms with Gasteiger partial charge in [-0.2, -0.15) is 0 Å². The van der Waals surface area contributed by atoms with Crippen molar-refractivity contribution < 1.29 is 4.74 Å². The Morgan fingerprint density at radius 2 is 1.76 bits per heavy atom. The molecule has 2 heteroatoms. The molecule has 21 heavy (non-hydrogen) atoms. The molecule has 2 nitrogen and oxygen atoms in total. The molecule has 0 fully saturated rings. The number of nitrogens with one attached hydrogen (secondary N) is 1. The van der Waals surface area contributed by atoms with E-state index in [1.807, 2.05) is 0 Å². The van der Waals surface area contributed by atoms with Crippen molar-refractivity contribution in [1.29, 1.82) is 0 Å². The van der Waals surface area contributed by atoms with Crippen molar-refractivity contribution in [3.63, 3.8) is 0 Å². The summed E-state index contributed by atoms with van der Waals surface area (Å²) in [4.78, 5) is 0. The van der Waals surface area contributed by atoms with Gasteiger partial charge < -0.3 is 10.1 Å². The molecule has 0 saturated heterocycles. The number of fused-ring (bicyclic) bond motifs is 2. The molecule has 0 spiro atoms. The van der Waals surface area contributed by atoms with E-state index in [2.05, 4.69) is 72.9 Å². The Balaban J connectivity index is 1.79. The quantitative estimate of drug-likeness (QED) is 0.695. The molecular formula is C19H17NO. The predicted molar refractivity (Wildman–Crippen MR) is 87.0 cm³/mol. The Hall–Kier alpha value is -2.48. The van der Waals surface area contributed by atoms with Gasteiger partial charge in [0.15, 0.2) is 0 Å². The number of hydrogen-bond donors (Lipinski definition) is 1. The monoisotopic (exact) mass is 275 g/mol. The molecule has 1 unspecified atom stereocenters. The molecule has 1 N–H and O–H groups in total. The highest BCUT2D eigenvalue weighted by molar-refractivity contribution is 5.86. The van der Waals surface area contributed by atoms with Crippen molar-refractivity contribution >= 4 is 16.5 Å². The summed E-state index contributed by atoms with van der Waals surface area (Å²) in [6, 6.07) is 21.1. The molecule has 0 saturated carbocycles. The van der Waals surface area contributed by atoms with Crippen LogP contribution in [0.3, 0.4) is 0 Å². The van der Waals surface area contributed by atoms with Crippen LogP contribution >= 0.6 is 0 Å². The summed E-state index contributed by atoms with van der Waals surface area (Å²) < 4.78 is 6.29. The Labute approximate surface area is 124 Å². The molecule has 0 bridgehead atoms. The van der Waals surface area contributed by atoms with Gasteiger partial charge in [-0.1, -0.05) is 54.6 Å². The highest BCUT2D eigenvalue weighted by Gasteiger charge is 2.23. The van der Waals surface area contributed by atoms with E-state index in [-0.39, 0.29) is 6.10 Å². The Morgan fingerprint density at radius 3 is 2.71 bits per heavy atom. The minimum absolute atomic E-state index is 0.0460. The molecular weight excluding hydrogens is 258 g/mol. The summed E-state index contributed by atoms with van der Waals surface area (Å²) in [5.74, 6) is 0.974. The second-order valence-corrected chi connectivity index (χ2v) is 5.51. The first-order chi connectivity index (χ1) is 10.3. The molecule has 1 aliphatic rings. The zero-order valence-electron chi connectivity index (χ0n) is 12.0. The van der Waals surface area contributed by atoms with Gasteiger partial charge in [-0.25, -0.2) is 0 Å². The molecule has 1 heterocycles. The maximum Gasteiger partial charge on any atom is 0.146 e. The van der Waals surface area contributed by atoms with Gasteiger partial charge in [0.25, 0.3) is 0 Å². The lowest BCUT2D eigenvalue weighted by Crippen LogP contribution is -2.24. The smallest absolute Gasteiger partial charge is 0.146 e. The van der Waals surface area contributed by atoms with E-state index < -0.39 is 0 Å². The van der Waals surface area contributed by atoms with Crippen LogP contribution in [0, 0.1) is 6.92 Å².